The Labute approximate surface area is 190 Å². The Morgan fingerprint density at radius 3 is 2.52 bits per heavy atom. The van der Waals surface area contributed by atoms with E-state index in [9.17, 15) is 9.59 Å². The molecule has 1 heterocycles. The summed E-state index contributed by atoms with van der Waals surface area (Å²) in [6.07, 6.45) is 0.678. The van der Waals surface area contributed by atoms with Gasteiger partial charge in [-0.05, 0) is 43.3 Å². The average molecular weight is 462 g/mol. The molecule has 0 saturated heterocycles. The fourth-order valence-corrected chi connectivity index (χ4v) is 4.20. The number of carbonyl (C=O) groups is 2. The van der Waals surface area contributed by atoms with Gasteiger partial charge in [0.1, 0.15) is 16.9 Å². The molecular weight excluding hydrogens is 438 g/mol. The molecule has 1 aliphatic rings. The maximum absolute atomic E-state index is 12.1. The summed E-state index contributed by atoms with van der Waals surface area (Å²) < 4.78 is 11.7. The van der Waals surface area contributed by atoms with Crippen molar-refractivity contribution in [3.63, 3.8) is 0 Å². The first-order valence-corrected chi connectivity index (χ1v) is 11.0. The van der Waals surface area contributed by atoms with Crippen LogP contribution >= 0.6 is 23.4 Å². The van der Waals surface area contributed by atoms with Gasteiger partial charge in [-0.15, -0.1) is 5.10 Å². The number of benzene rings is 2. The molecule has 0 spiro atoms. The van der Waals surface area contributed by atoms with Crippen molar-refractivity contribution < 1.29 is 19.1 Å². The minimum Gasteiger partial charge on any atom is -0.493 e. The van der Waals surface area contributed by atoms with Crippen molar-refractivity contribution >= 4 is 40.3 Å². The van der Waals surface area contributed by atoms with Gasteiger partial charge in [0.15, 0.2) is 5.17 Å². The summed E-state index contributed by atoms with van der Waals surface area (Å²) in [5.41, 5.74) is 1.86. The van der Waals surface area contributed by atoms with Crippen molar-refractivity contribution in [2.45, 2.75) is 32.6 Å². The molecule has 0 saturated carbocycles. The van der Waals surface area contributed by atoms with Gasteiger partial charge in [-0.25, -0.2) is 5.01 Å². The Morgan fingerprint density at radius 2 is 1.84 bits per heavy atom. The highest BCUT2D eigenvalue weighted by molar-refractivity contribution is 8.14. The Bertz CT molecular complexity index is 981. The highest BCUT2D eigenvalue weighted by atomic mass is 35.5. The van der Waals surface area contributed by atoms with E-state index in [0.717, 1.165) is 16.9 Å². The number of amidine groups is 1. The van der Waals surface area contributed by atoms with Crippen molar-refractivity contribution in [2.24, 2.45) is 5.10 Å². The summed E-state index contributed by atoms with van der Waals surface area (Å²) in [6.45, 7) is 5.76. The number of rotatable bonds is 7. The van der Waals surface area contributed by atoms with Gasteiger partial charge in [-0.3, -0.25) is 9.59 Å². The van der Waals surface area contributed by atoms with Crippen molar-refractivity contribution in [2.75, 3.05) is 13.2 Å². The second-order valence-electron chi connectivity index (χ2n) is 6.97. The summed E-state index contributed by atoms with van der Waals surface area (Å²) in [7, 11) is 0. The number of amides is 2. The van der Waals surface area contributed by atoms with Crippen LogP contribution in [0.2, 0.25) is 5.02 Å². The smallest absolute Gasteiger partial charge is 0.241 e. The first kappa shape index (κ1) is 23.0. The SMILES string of the molecule is CC(=O)NC1=NN(C(C)=O)[C@H](c2cc(C)ccc2OCCCOc2ccc(Cl)cc2)S1. The second-order valence-corrected chi connectivity index (χ2v) is 8.47. The third-order valence-corrected chi connectivity index (χ3v) is 5.65. The maximum Gasteiger partial charge on any atom is 0.241 e. The molecule has 31 heavy (non-hydrogen) atoms. The fraction of sp³-hybridized carbons (Fsp3) is 0.318. The van der Waals surface area contributed by atoms with Gasteiger partial charge in [0, 0.05) is 30.9 Å². The number of thioether (sulfide) groups is 1. The lowest BCUT2D eigenvalue weighted by molar-refractivity contribution is -0.129. The van der Waals surface area contributed by atoms with E-state index < -0.39 is 5.37 Å². The lowest BCUT2D eigenvalue weighted by Crippen LogP contribution is -2.25. The van der Waals surface area contributed by atoms with Crippen LogP contribution in [0.15, 0.2) is 47.6 Å². The van der Waals surface area contributed by atoms with Crippen LogP contribution in [0.3, 0.4) is 0 Å². The van der Waals surface area contributed by atoms with E-state index in [-0.39, 0.29) is 11.8 Å². The lowest BCUT2D eigenvalue weighted by Gasteiger charge is -2.22. The zero-order chi connectivity index (χ0) is 22.4. The predicted octanol–water partition coefficient (Wildman–Crippen LogP) is 4.50. The highest BCUT2D eigenvalue weighted by Crippen LogP contribution is 2.42. The third-order valence-electron chi connectivity index (χ3n) is 4.31. The quantitative estimate of drug-likeness (QED) is 0.614. The molecule has 0 bridgehead atoms. The molecule has 0 aromatic heterocycles. The van der Waals surface area contributed by atoms with Crippen LogP contribution in [-0.4, -0.2) is 35.2 Å². The van der Waals surface area contributed by atoms with E-state index in [1.807, 2.05) is 37.3 Å². The Hall–Kier alpha value is -2.71. The molecule has 2 amide bonds. The van der Waals surface area contributed by atoms with Crippen LogP contribution in [-0.2, 0) is 9.59 Å². The van der Waals surface area contributed by atoms with E-state index in [1.54, 1.807) is 12.1 Å². The summed E-state index contributed by atoms with van der Waals surface area (Å²) >= 11 is 7.18. The maximum atomic E-state index is 12.1. The van der Waals surface area contributed by atoms with Gasteiger partial charge in [0.2, 0.25) is 11.8 Å². The normalized spacial score (nSPS) is 15.4. The molecule has 1 aliphatic heterocycles. The lowest BCUT2D eigenvalue weighted by atomic mass is 10.1. The number of ether oxygens (including phenoxy) is 2. The number of hydrogen-bond donors (Lipinski definition) is 1. The van der Waals surface area contributed by atoms with Crippen molar-refractivity contribution in [3.05, 3.63) is 58.6 Å². The number of hydrazone groups is 1. The molecule has 9 heteroatoms. The molecule has 2 aromatic carbocycles. The number of hydrogen-bond acceptors (Lipinski definition) is 6. The molecule has 3 rings (SSSR count). The van der Waals surface area contributed by atoms with Gasteiger partial charge in [-0.1, -0.05) is 35.0 Å². The fourth-order valence-electron chi connectivity index (χ4n) is 2.92. The molecule has 7 nitrogen and oxygen atoms in total. The van der Waals surface area contributed by atoms with E-state index in [2.05, 4.69) is 10.4 Å². The molecular formula is C22H24ClN3O4S. The molecule has 0 unspecified atom stereocenters. The zero-order valence-corrected chi connectivity index (χ0v) is 19.1. The van der Waals surface area contributed by atoms with Gasteiger partial charge >= 0.3 is 0 Å². The molecule has 164 valence electrons. The third kappa shape index (κ3) is 6.38. The van der Waals surface area contributed by atoms with E-state index in [1.165, 1.54) is 30.6 Å². The van der Waals surface area contributed by atoms with Crippen molar-refractivity contribution in [1.82, 2.24) is 10.3 Å². The molecule has 0 aliphatic carbocycles. The van der Waals surface area contributed by atoms with Crippen molar-refractivity contribution in [3.8, 4) is 11.5 Å². The number of nitrogens with zero attached hydrogens (tertiary/aromatic N) is 2. The molecule has 0 radical (unpaired) electrons. The van der Waals surface area contributed by atoms with Gasteiger partial charge < -0.3 is 14.8 Å². The highest BCUT2D eigenvalue weighted by Gasteiger charge is 2.34. The minimum absolute atomic E-state index is 0.221. The van der Waals surface area contributed by atoms with Gasteiger partial charge in [-0.2, -0.15) is 0 Å². The largest absolute Gasteiger partial charge is 0.493 e. The number of carbonyl (C=O) groups excluding carboxylic acids is 2. The first-order chi connectivity index (χ1) is 14.8. The molecule has 0 fully saturated rings. The molecule has 1 N–H and O–H groups in total. The zero-order valence-electron chi connectivity index (χ0n) is 17.6. The number of aryl methyl sites for hydroxylation is 1. The van der Waals surface area contributed by atoms with Crippen LogP contribution in [0, 0.1) is 6.92 Å². The number of halogens is 1. The number of nitrogens with one attached hydrogen (secondary N) is 1. The summed E-state index contributed by atoms with van der Waals surface area (Å²) in [6, 6.07) is 13.0. The Morgan fingerprint density at radius 1 is 1.13 bits per heavy atom. The topological polar surface area (TPSA) is 80.2 Å². The van der Waals surface area contributed by atoms with Crippen molar-refractivity contribution in [1.29, 1.82) is 0 Å². The van der Waals surface area contributed by atoms with Crippen LogP contribution in [0.25, 0.3) is 0 Å². The average Bonchev–Trinajstić information content (AvgIpc) is 3.13. The monoisotopic (exact) mass is 461 g/mol. The minimum atomic E-state index is -0.417. The standard InChI is InChI=1S/C22H24ClN3O4S/c1-14-5-10-20(30-12-4-11-29-18-8-6-17(23)7-9-18)19(13-14)21-26(16(3)28)25-22(31-21)24-15(2)27/h5-10,13,21H,4,11-12H2,1-3H3,(H,24,25,27)/t21-/m0/s1. The second kappa shape index (κ2) is 10.5. The van der Waals surface area contributed by atoms with Crippen LogP contribution < -0.4 is 14.8 Å². The van der Waals surface area contributed by atoms with Crippen LogP contribution in [0.5, 0.6) is 11.5 Å². The van der Waals surface area contributed by atoms with E-state index >= 15 is 0 Å². The Kier molecular flexibility index (Phi) is 7.81. The molecule has 2 aromatic rings. The van der Waals surface area contributed by atoms with Crippen LogP contribution in [0.1, 0.15) is 36.8 Å². The van der Waals surface area contributed by atoms with Crippen LogP contribution in [0.4, 0.5) is 0 Å². The Balaban J connectivity index is 1.64. The summed E-state index contributed by atoms with van der Waals surface area (Å²) in [4.78, 5) is 23.6. The van der Waals surface area contributed by atoms with Gasteiger partial charge in [0.05, 0.1) is 13.2 Å². The van der Waals surface area contributed by atoms with E-state index in [4.69, 9.17) is 21.1 Å². The summed E-state index contributed by atoms with van der Waals surface area (Å²) in [5.74, 6) is 0.959. The van der Waals surface area contributed by atoms with E-state index in [0.29, 0.717) is 35.6 Å². The predicted molar refractivity (Wildman–Crippen MR) is 122 cm³/mol. The summed E-state index contributed by atoms with van der Waals surface area (Å²) in [5, 5.41) is 8.90. The first-order valence-electron chi connectivity index (χ1n) is 9.78. The van der Waals surface area contributed by atoms with Gasteiger partial charge in [0.25, 0.3) is 0 Å². The molecule has 1 atom stereocenters.